The Kier molecular flexibility index (Phi) is 7.17. The summed E-state index contributed by atoms with van der Waals surface area (Å²) in [5.74, 6) is -1.25. The van der Waals surface area contributed by atoms with E-state index in [0.717, 1.165) is 11.3 Å². The topological polar surface area (TPSA) is 96.0 Å². The van der Waals surface area contributed by atoms with Crippen molar-refractivity contribution in [2.75, 3.05) is 39.1 Å². The van der Waals surface area contributed by atoms with Gasteiger partial charge < -0.3 is 19.9 Å². The van der Waals surface area contributed by atoms with E-state index in [0.29, 0.717) is 41.4 Å². The number of carbonyl (C=O) groups excluding carboxylic acids is 4. The average Bonchev–Trinajstić information content (AvgIpc) is 2.97. The van der Waals surface area contributed by atoms with Crippen molar-refractivity contribution in [2.45, 2.75) is 33.6 Å². The number of nitrogens with zero attached hydrogens (tertiary/aromatic N) is 2. The van der Waals surface area contributed by atoms with Crippen LogP contribution in [0.3, 0.4) is 0 Å². The molecule has 1 N–H and O–H groups in total. The second-order valence-electron chi connectivity index (χ2n) is 6.95. The Morgan fingerprint density at radius 1 is 1.21 bits per heavy atom. The van der Waals surface area contributed by atoms with E-state index in [-0.39, 0.29) is 35.8 Å². The van der Waals surface area contributed by atoms with Gasteiger partial charge in [0, 0.05) is 40.0 Å². The lowest BCUT2D eigenvalue weighted by Gasteiger charge is -2.30. The molecule has 0 aromatic carbocycles. The maximum absolute atomic E-state index is 12.7. The van der Waals surface area contributed by atoms with Gasteiger partial charge in [-0.05, 0) is 32.3 Å². The highest BCUT2D eigenvalue weighted by Gasteiger charge is 2.30. The highest BCUT2D eigenvalue weighted by atomic mass is 32.1. The number of ether oxygens (including phenoxy) is 1. The lowest BCUT2D eigenvalue weighted by molar-refractivity contribution is -0.132. The smallest absolute Gasteiger partial charge is 0.341 e. The molecule has 0 atom stereocenters. The molecule has 8 nitrogen and oxygen atoms in total. The van der Waals surface area contributed by atoms with Gasteiger partial charge in [0.1, 0.15) is 5.00 Å². The molecule has 28 heavy (non-hydrogen) atoms. The van der Waals surface area contributed by atoms with E-state index in [9.17, 15) is 19.2 Å². The predicted molar refractivity (Wildman–Crippen MR) is 107 cm³/mol. The molecule has 154 valence electrons. The lowest BCUT2D eigenvalue weighted by Crippen LogP contribution is -2.40. The molecule has 0 radical (unpaired) electrons. The first-order chi connectivity index (χ1) is 13.2. The maximum atomic E-state index is 12.7. The minimum atomic E-state index is -0.559. The molecule has 0 unspecified atom stereocenters. The minimum Gasteiger partial charge on any atom is -0.462 e. The van der Waals surface area contributed by atoms with E-state index in [1.165, 1.54) is 11.8 Å². The molecule has 1 fully saturated rings. The van der Waals surface area contributed by atoms with Crippen LogP contribution in [0.1, 0.15) is 52.3 Å². The molecule has 1 aromatic heterocycles. The highest BCUT2D eigenvalue weighted by Crippen LogP contribution is 2.35. The van der Waals surface area contributed by atoms with E-state index < -0.39 is 5.97 Å². The zero-order valence-corrected chi connectivity index (χ0v) is 17.8. The number of amides is 3. The van der Waals surface area contributed by atoms with E-state index >= 15 is 0 Å². The Bertz CT molecular complexity index is 779. The number of hydrogen-bond acceptors (Lipinski definition) is 6. The van der Waals surface area contributed by atoms with Gasteiger partial charge in [0.2, 0.25) is 11.8 Å². The number of likely N-dealkylation sites (tertiary alicyclic amines) is 1. The van der Waals surface area contributed by atoms with E-state index in [2.05, 4.69) is 5.32 Å². The van der Waals surface area contributed by atoms with Gasteiger partial charge >= 0.3 is 5.97 Å². The summed E-state index contributed by atoms with van der Waals surface area (Å²) in [5.41, 5.74) is 0.732. The van der Waals surface area contributed by atoms with Crippen molar-refractivity contribution < 1.29 is 23.9 Å². The summed E-state index contributed by atoms with van der Waals surface area (Å²) in [5, 5.41) is 3.16. The minimum absolute atomic E-state index is 0.00387. The van der Waals surface area contributed by atoms with Crippen LogP contribution in [0.15, 0.2) is 0 Å². The van der Waals surface area contributed by atoms with Gasteiger partial charge in [0.05, 0.1) is 17.0 Å². The van der Waals surface area contributed by atoms with Crippen LogP contribution < -0.4 is 5.32 Å². The normalized spacial score (nSPS) is 14.5. The van der Waals surface area contributed by atoms with E-state index in [1.54, 1.807) is 32.8 Å². The number of hydrogen-bond donors (Lipinski definition) is 1. The summed E-state index contributed by atoms with van der Waals surface area (Å²) >= 11 is 1.09. The summed E-state index contributed by atoms with van der Waals surface area (Å²) < 4.78 is 5.12. The third-order valence-electron chi connectivity index (χ3n) is 4.77. The molecule has 0 spiro atoms. The molecule has 1 aliphatic heterocycles. The van der Waals surface area contributed by atoms with Gasteiger partial charge in [-0.2, -0.15) is 0 Å². The van der Waals surface area contributed by atoms with Crippen molar-refractivity contribution in [3.63, 3.8) is 0 Å². The first-order valence-corrected chi connectivity index (χ1v) is 10.1. The van der Waals surface area contributed by atoms with Crippen LogP contribution in [0.5, 0.6) is 0 Å². The largest absolute Gasteiger partial charge is 0.462 e. The van der Waals surface area contributed by atoms with Crippen molar-refractivity contribution in [3.8, 4) is 0 Å². The summed E-state index contributed by atoms with van der Waals surface area (Å²) in [6, 6.07) is 0. The quantitative estimate of drug-likeness (QED) is 0.752. The van der Waals surface area contributed by atoms with Gasteiger partial charge in [0.25, 0.3) is 5.91 Å². The second-order valence-corrected chi connectivity index (χ2v) is 7.97. The summed E-state index contributed by atoms with van der Waals surface area (Å²) in [6.07, 6.45) is 1.13. The number of esters is 1. The Morgan fingerprint density at radius 2 is 1.82 bits per heavy atom. The molecule has 2 rings (SSSR count). The van der Waals surface area contributed by atoms with Crippen molar-refractivity contribution in [1.82, 2.24) is 9.80 Å². The van der Waals surface area contributed by atoms with Crippen LogP contribution in [0.2, 0.25) is 0 Å². The predicted octanol–water partition coefficient (Wildman–Crippen LogP) is 2.13. The highest BCUT2D eigenvalue weighted by molar-refractivity contribution is 7.18. The van der Waals surface area contributed by atoms with Crippen molar-refractivity contribution in [1.29, 1.82) is 0 Å². The van der Waals surface area contributed by atoms with Gasteiger partial charge in [-0.15, -0.1) is 11.3 Å². The summed E-state index contributed by atoms with van der Waals surface area (Å²) in [7, 11) is 3.26. The van der Waals surface area contributed by atoms with Crippen LogP contribution in [0.25, 0.3) is 0 Å². The molecule has 1 saturated heterocycles. The average molecular weight is 410 g/mol. The van der Waals surface area contributed by atoms with Crippen LogP contribution in [0.4, 0.5) is 5.00 Å². The number of carbonyl (C=O) groups is 4. The molecule has 1 aromatic rings. The van der Waals surface area contributed by atoms with Crippen molar-refractivity contribution in [2.24, 2.45) is 5.92 Å². The van der Waals surface area contributed by atoms with Crippen LogP contribution >= 0.6 is 11.3 Å². The standard InChI is InChI=1S/C19H27N3O5S/c1-6-27-19(26)14-11(2)15(18(25)21(4)5)28-17(14)20-16(24)13-7-9-22(10-8-13)12(3)23/h13H,6-10H2,1-5H3,(H,20,24). The molecule has 9 heteroatoms. The molecule has 2 heterocycles. The summed E-state index contributed by atoms with van der Waals surface area (Å²) in [4.78, 5) is 52.6. The van der Waals surface area contributed by atoms with Gasteiger partial charge in [-0.25, -0.2) is 4.79 Å². The number of thiophene rings is 1. The third-order valence-corrected chi connectivity index (χ3v) is 5.97. The SMILES string of the molecule is CCOC(=O)c1c(NC(=O)C2CCN(C(C)=O)CC2)sc(C(=O)N(C)C)c1C. The van der Waals surface area contributed by atoms with Crippen molar-refractivity contribution in [3.05, 3.63) is 16.0 Å². The van der Waals surface area contributed by atoms with E-state index in [4.69, 9.17) is 4.74 Å². The number of rotatable bonds is 5. The fraction of sp³-hybridized carbons (Fsp3) is 0.579. The Hall–Kier alpha value is -2.42. The van der Waals surface area contributed by atoms with Gasteiger partial charge in [-0.3, -0.25) is 14.4 Å². The van der Waals surface area contributed by atoms with Gasteiger partial charge in [-0.1, -0.05) is 0 Å². The molecule has 1 aliphatic rings. The van der Waals surface area contributed by atoms with Crippen LogP contribution in [-0.4, -0.2) is 67.3 Å². The third kappa shape index (κ3) is 4.70. The van der Waals surface area contributed by atoms with Crippen LogP contribution in [0, 0.1) is 12.8 Å². The first kappa shape index (κ1) is 21.9. The van der Waals surface area contributed by atoms with Gasteiger partial charge in [0.15, 0.2) is 0 Å². The Balaban J connectivity index is 2.25. The number of anilines is 1. The molecule has 0 aliphatic carbocycles. The molecule has 3 amide bonds. The number of piperidine rings is 1. The Labute approximate surface area is 168 Å². The zero-order valence-electron chi connectivity index (χ0n) is 17.0. The van der Waals surface area contributed by atoms with Crippen LogP contribution in [-0.2, 0) is 14.3 Å². The fourth-order valence-corrected chi connectivity index (χ4v) is 4.35. The zero-order chi connectivity index (χ0) is 21.0. The molecule has 0 saturated carbocycles. The fourth-order valence-electron chi connectivity index (χ4n) is 3.13. The van der Waals surface area contributed by atoms with Crippen molar-refractivity contribution >= 4 is 40.0 Å². The Morgan fingerprint density at radius 3 is 2.32 bits per heavy atom. The first-order valence-electron chi connectivity index (χ1n) is 9.25. The maximum Gasteiger partial charge on any atom is 0.341 e. The molecular formula is C19H27N3O5S. The lowest BCUT2D eigenvalue weighted by atomic mass is 9.96. The molecular weight excluding hydrogens is 382 g/mol. The van der Waals surface area contributed by atoms with E-state index in [1.807, 2.05) is 0 Å². The number of nitrogens with one attached hydrogen (secondary N) is 1. The second kappa shape index (κ2) is 9.18. The summed E-state index contributed by atoms with van der Waals surface area (Å²) in [6.45, 7) is 6.16. The monoisotopic (exact) mass is 409 g/mol. The molecule has 0 bridgehead atoms.